The van der Waals surface area contributed by atoms with Crippen molar-refractivity contribution >= 4 is 11.8 Å². The molecule has 2 rings (SSSR count). The van der Waals surface area contributed by atoms with Crippen molar-refractivity contribution in [1.82, 2.24) is 15.1 Å². The SMILES string of the molecule is CCC(C)C1CN(CCN2CCSCC2)CCN1. The molecule has 0 aromatic rings. The van der Waals surface area contributed by atoms with Gasteiger partial charge in [-0.3, -0.25) is 4.90 Å². The molecule has 106 valence electrons. The van der Waals surface area contributed by atoms with Crippen molar-refractivity contribution in [3.63, 3.8) is 0 Å². The molecule has 2 heterocycles. The van der Waals surface area contributed by atoms with Crippen molar-refractivity contribution in [3.8, 4) is 0 Å². The molecule has 0 amide bonds. The fraction of sp³-hybridized carbons (Fsp3) is 1.00. The topological polar surface area (TPSA) is 18.5 Å². The van der Waals surface area contributed by atoms with Crippen molar-refractivity contribution in [2.45, 2.75) is 26.3 Å². The highest BCUT2D eigenvalue weighted by Crippen LogP contribution is 2.13. The standard InChI is InChI=1S/C14H29N3S/c1-3-13(2)14-12-17(5-4-15-14)7-6-16-8-10-18-11-9-16/h13-15H,3-12H2,1-2H3. The molecule has 0 aromatic heterocycles. The Balaban J connectivity index is 1.68. The van der Waals surface area contributed by atoms with Gasteiger partial charge in [0.1, 0.15) is 0 Å². The Labute approximate surface area is 117 Å². The summed E-state index contributed by atoms with van der Waals surface area (Å²) in [6.07, 6.45) is 1.29. The third kappa shape index (κ3) is 4.41. The van der Waals surface area contributed by atoms with Gasteiger partial charge in [-0.25, -0.2) is 0 Å². The van der Waals surface area contributed by atoms with E-state index >= 15 is 0 Å². The molecule has 2 saturated heterocycles. The highest BCUT2D eigenvalue weighted by molar-refractivity contribution is 7.99. The van der Waals surface area contributed by atoms with E-state index in [2.05, 4.69) is 40.7 Å². The lowest BCUT2D eigenvalue weighted by atomic mass is 9.97. The van der Waals surface area contributed by atoms with Gasteiger partial charge in [0.2, 0.25) is 0 Å². The Hall–Kier alpha value is 0.230. The Morgan fingerprint density at radius 3 is 2.61 bits per heavy atom. The highest BCUT2D eigenvalue weighted by Gasteiger charge is 2.23. The first kappa shape index (κ1) is 14.6. The molecule has 18 heavy (non-hydrogen) atoms. The van der Waals surface area contributed by atoms with Crippen LogP contribution < -0.4 is 5.32 Å². The molecule has 0 radical (unpaired) electrons. The van der Waals surface area contributed by atoms with Crippen LogP contribution in [0.3, 0.4) is 0 Å². The van der Waals surface area contributed by atoms with Crippen LogP contribution in [0.25, 0.3) is 0 Å². The summed E-state index contributed by atoms with van der Waals surface area (Å²) in [5, 5.41) is 3.68. The molecule has 3 nitrogen and oxygen atoms in total. The second-order valence-electron chi connectivity index (χ2n) is 5.70. The summed E-state index contributed by atoms with van der Waals surface area (Å²) >= 11 is 2.10. The van der Waals surface area contributed by atoms with Crippen LogP contribution in [0, 0.1) is 5.92 Å². The predicted octanol–water partition coefficient (Wildman–Crippen LogP) is 1.36. The monoisotopic (exact) mass is 271 g/mol. The predicted molar refractivity (Wildman–Crippen MR) is 81.5 cm³/mol. The first-order valence-corrected chi connectivity index (χ1v) is 8.71. The summed E-state index contributed by atoms with van der Waals surface area (Å²) in [5.41, 5.74) is 0. The molecule has 2 aliphatic rings. The van der Waals surface area contributed by atoms with Crippen LogP contribution in [-0.4, -0.2) is 73.2 Å². The van der Waals surface area contributed by atoms with E-state index in [0.29, 0.717) is 6.04 Å². The van der Waals surface area contributed by atoms with E-state index in [-0.39, 0.29) is 0 Å². The molecule has 2 aliphatic heterocycles. The number of nitrogens with one attached hydrogen (secondary N) is 1. The van der Waals surface area contributed by atoms with E-state index in [9.17, 15) is 0 Å². The zero-order chi connectivity index (χ0) is 12.8. The lowest BCUT2D eigenvalue weighted by Crippen LogP contribution is -2.54. The van der Waals surface area contributed by atoms with Gasteiger partial charge < -0.3 is 10.2 Å². The normalized spacial score (nSPS) is 29.3. The molecular formula is C14H29N3S. The summed E-state index contributed by atoms with van der Waals surface area (Å²) in [6, 6.07) is 0.709. The lowest BCUT2D eigenvalue weighted by Gasteiger charge is -2.38. The van der Waals surface area contributed by atoms with Crippen molar-refractivity contribution in [2.24, 2.45) is 5.92 Å². The molecular weight excluding hydrogens is 242 g/mol. The van der Waals surface area contributed by atoms with Crippen LogP contribution in [-0.2, 0) is 0 Å². The van der Waals surface area contributed by atoms with E-state index in [1.54, 1.807) is 0 Å². The number of thioether (sulfide) groups is 1. The molecule has 0 saturated carbocycles. The maximum Gasteiger partial charge on any atom is 0.0221 e. The van der Waals surface area contributed by atoms with E-state index in [1.165, 1.54) is 63.7 Å². The molecule has 2 unspecified atom stereocenters. The zero-order valence-electron chi connectivity index (χ0n) is 12.0. The molecule has 4 heteroatoms. The average Bonchev–Trinajstić information content (AvgIpc) is 2.45. The Morgan fingerprint density at radius 2 is 1.89 bits per heavy atom. The van der Waals surface area contributed by atoms with Crippen molar-refractivity contribution in [1.29, 1.82) is 0 Å². The summed E-state index contributed by atoms with van der Waals surface area (Å²) < 4.78 is 0. The summed E-state index contributed by atoms with van der Waals surface area (Å²) in [7, 11) is 0. The third-order valence-electron chi connectivity index (χ3n) is 4.46. The first-order valence-electron chi connectivity index (χ1n) is 7.55. The van der Waals surface area contributed by atoms with E-state index in [1.807, 2.05) is 0 Å². The molecule has 2 fully saturated rings. The van der Waals surface area contributed by atoms with Gasteiger partial charge >= 0.3 is 0 Å². The average molecular weight is 271 g/mol. The Morgan fingerprint density at radius 1 is 1.17 bits per heavy atom. The van der Waals surface area contributed by atoms with Gasteiger partial charge in [-0.05, 0) is 5.92 Å². The maximum absolute atomic E-state index is 3.68. The minimum absolute atomic E-state index is 0.709. The first-order chi connectivity index (χ1) is 8.79. The minimum Gasteiger partial charge on any atom is -0.311 e. The van der Waals surface area contributed by atoms with Crippen LogP contribution in [0.4, 0.5) is 0 Å². The lowest BCUT2D eigenvalue weighted by molar-refractivity contribution is 0.149. The molecule has 0 bridgehead atoms. The van der Waals surface area contributed by atoms with Crippen molar-refractivity contribution < 1.29 is 0 Å². The molecule has 0 aliphatic carbocycles. The largest absolute Gasteiger partial charge is 0.311 e. The zero-order valence-corrected chi connectivity index (χ0v) is 12.8. The molecule has 0 aromatic carbocycles. The van der Waals surface area contributed by atoms with Gasteiger partial charge in [0.05, 0.1) is 0 Å². The second kappa shape index (κ2) is 7.73. The van der Waals surface area contributed by atoms with Crippen molar-refractivity contribution in [3.05, 3.63) is 0 Å². The van der Waals surface area contributed by atoms with Crippen LogP contribution in [0.5, 0.6) is 0 Å². The summed E-state index contributed by atoms with van der Waals surface area (Å²) in [6.45, 7) is 13.5. The summed E-state index contributed by atoms with van der Waals surface area (Å²) in [4.78, 5) is 5.30. The van der Waals surface area contributed by atoms with Gasteiger partial charge in [0.15, 0.2) is 0 Å². The number of hydrogen-bond acceptors (Lipinski definition) is 4. The Bertz CT molecular complexity index is 231. The van der Waals surface area contributed by atoms with Gasteiger partial charge in [-0.2, -0.15) is 11.8 Å². The van der Waals surface area contributed by atoms with Gasteiger partial charge in [0.25, 0.3) is 0 Å². The minimum atomic E-state index is 0.709. The third-order valence-corrected chi connectivity index (χ3v) is 5.40. The van der Waals surface area contributed by atoms with Gasteiger partial charge in [-0.1, -0.05) is 20.3 Å². The van der Waals surface area contributed by atoms with Crippen LogP contribution >= 0.6 is 11.8 Å². The number of nitrogens with zero attached hydrogens (tertiary/aromatic N) is 2. The quantitative estimate of drug-likeness (QED) is 0.813. The van der Waals surface area contributed by atoms with Gasteiger partial charge in [-0.15, -0.1) is 0 Å². The smallest absolute Gasteiger partial charge is 0.0221 e. The van der Waals surface area contributed by atoms with Crippen LogP contribution in [0.15, 0.2) is 0 Å². The molecule has 1 N–H and O–H groups in total. The second-order valence-corrected chi connectivity index (χ2v) is 6.93. The number of rotatable bonds is 5. The fourth-order valence-electron chi connectivity index (χ4n) is 2.82. The Kier molecular flexibility index (Phi) is 6.29. The highest BCUT2D eigenvalue weighted by atomic mass is 32.2. The van der Waals surface area contributed by atoms with Gasteiger partial charge in [0, 0.05) is 63.4 Å². The summed E-state index contributed by atoms with van der Waals surface area (Å²) in [5.74, 6) is 3.47. The van der Waals surface area contributed by atoms with E-state index in [4.69, 9.17) is 0 Å². The number of hydrogen-bond donors (Lipinski definition) is 1. The van der Waals surface area contributed by atoms with Crippen LogP contribution in [0.1, 0.15) is 20.3 Å². The van der Waals surface area contributed by atoms with Crippen LogP contribution in [0.2, 0.25) is 0 Å². The number of piperazine rings is 1. The van der Waals surface area contributed by atoms with Crippen molar-refractivity contribution in [2.75, 3.05) is 57.3 Å². The molecule has 2 atom stereocenters. The van der Waals surface area contributed by atoms with E-state index in [0.717, 1.165) is 5.92 Å². The maximum atomic E-state index is 3.68. The van der Waals surface area contributed by atoms with E-state index < -0.39 is 0 Å². The molecule has 0 spiro atoms. The fourth-order valence-corrected chi connectivity index (χ4v) is 3.80.